The summed E-state index contributed by atoms with van der Waals surface area (Å²) in [5.41, 5.74) is 3.55. The van der Waals surface area contributed by atoms with E-state index in [1.807, 2.05) is 41.3 Å². The summed E-state index contributed by atoms with van der Waals surface area (Å²) in [6, 6.07) is 16.1. The quantitative estimate of drug-likeness (QED) is 0.895. The molecule has 0 atom stereocenters. The average Bonchev–Trinajstić information content (AvgIpc) is 2.89. The molecule has 0 saturated heterocycles. The first-order valence-corrected chi connectivity index (χ1v) is 7.36. The van der Waals surface area contributed by atoms with E-state index in [-0.39, 0.29) is 6.03 Å². The molecule has 0 spiro atoms. The third kappa shape index (κ3) is 2.85. The standard InChI is InChI=1S/C16H15BrN2O/c17-15-7-6-13-10-19(11-14(13)8-15)16(20)18-9-12-4-2-1-3-5-12/h1-8H,9-11H2,(H,18,20). The van der Waals surface area contributed by atoms with Gasteiger partial charge in [0.05, 0.1) is 0 Å². The van der Waals surface area contributed by atoms with Crippen LogP contribution in [0.4, 0.5) is 4.79 Å². The predicted molar refractivity (Wildman–Crippen MR) is 82.1 cm³/mol. The molecule has 2 amide bonds. The topological polar surface area (TPSA) is 32.3 Å². The Morgan fingerprint density at radius 3 is 2.65 bits per heavy atom. The highest BCUT2D eigenvalue weighted by molar-refractivity contribution is 9.10. The smallest absolute Gasteiger partial charge is 0.318 e. The van der Waals surface area contributed by atoms with Crippen LogP contribution in [0.1, 0.15) is 16.7 Å². The van der Waals surface area contributed by atoms with Gasteiger partial charge in [-0.3, -0.25) is 0 Å². The van der Waals surface area contributed by atoms with Gasteiger partial charge in [0.15, 0.2) is 0 Å². The monoisotopic (exact) mass is 330 g/mol. The molecule has 1 aliphatic rings. The first-order valence-electron chi connectivity index (χ1n) is 6.56. The highest BCUT2D eigenvalue weighted by Gasteiger charge is 2.22. The van der Waals surface area contributed by atoms with Crippen LogP contribution in [-0.2, 0) is 19.6 Å². The summed E-state index contributed by atoms with van der Waals surface area (Å²) in [4.78, 5) is 14.0. The number of nitrogens with one attached hydrogen (secondary N) is 1. The Kier molecular flexibility index (Phi) is 3.74. The van der Waals surface area contributed by atoms with E-state index in [4.69, 9.17) is 0 Å². The Morgan fingerprint density at radius 1 is 1.10 bits per heavy atom. The third-order valence-electron chi connectivity index (χ3n) is 3.46. The second-order valence-corrected chi connectivity index (χ2v) is 5.83. The number of halogens is 1. The largest absolute Gasteiger partial charge is 0.334 e. The Balaban J connectivity index is 1.60. The first kappa shape index (κ1) is 13.2. The van der Waals surface area contributed by atoms with Gasteiger partial charge in [-0.15, -0.1) is 0 Å². The van der Waals surface area contributed by atoms with Gasteiger partial charge in [-0.2, -0.15) is 0 Å². The molecule has 1 heterocycles. The number of hydrogen-bond acceptors (Lipinski definition) is 1. The van der Waals surface area contributed by atoms with Crippen LogP contribution in [0.25, 0.3) is 0 Å². The normalized spacial score (nSPS) is 13.2. The van der Waals surface area contributed by atoms with E-state index in [1.54, 1.807) is 0 Å². The van der Waals surface area contributed by atoms with E-state index in [0.717, 1.165) is 10.0 Å². The number of amides is 2. The molecule has 1 N–H and O–H groups in total. The zero-order chi connectivity index (χ0) is 13.9. The zero-order valence-electron chi connectivity index (χ0n) is 11.0. The number of nitrogens with zero attached hydrogens (tertiary/aromatic N) is 1. The van der Waals surface area contributed by atoms with Crippen molar-refractivity contribution in [2.24, 2.45) is 0 Å². The molecule has 0 aromatic heterocycles. The van der Waals surface area contributed by atoms with E-state index in [2.05, 4.69) is 33.4 Å². The second kappa shape index (κ2) is 5.67. The lowest BCUT2D eigenvalue weighted by Gasteiger charge is -2.16. The SMILES string of the molecule is O=C(NCc1ccccc1)N1Cc2ccc(Br)cc2C1. The molecule has 3 rings (SSSR count). The molecule has 0 fully saturated rings. The number of fused-ring (bicyclic) bond motifs is 1. The number of rotatable bonds is 2. The lowest BCUT2D eigenvalue weighted by atomic mass is 10.1. The maximum absolute atomic E-state index is 12.2. The summed E-state index contributed by atoms with van der Waals surface area (Å²) in [5, 5.41) is 2.97. The van der Waals surface area contributed by atoms with Crippen LogP contribution in [0.3, 0.4) is 0 Å². The molecule has 2 aromatic carbocycles. The number of benzene rings is 2. The minimum atomic E-state index is -0.0128. The average molecular weight is 331 g/mol. The zero-order valence-corrected chi connectivity index (χ0v) is 12.6. The number of carbonyl (C=O) groups excluding carboxylic acids is 1. The van der Waals surface area contributed by atoms with Crippen LogP contribution in [0.15, 0.2) is 53.0 Å². The first-order chi connectivity index (χ1) is 9.72. The Labute approximate surface area is 126 Å². The third-order valence-corrected chi connectivity index (χ3v) is 3.96. The van der Waals surface area contributed by atoms with E-state index >= 15 is 0 Å². The molecule has 102 valence electrons. The van der Waals surface area contributed by atoms with Crippen molar-refractivity contribution in [3.05, 3.63) is 69.7 Å². The highest BCUT2D eigenvalue weighted by Crippen LogP contribution is 2.25. The van der Waals surface area contributed by atoms with Crippen molar-refractivity contribution < 1.29 is 4.79 Å². The van der Waals surface area contributed by atoms with E-state index in [9.17, 15) is 4.79 Å². The Morgan fingerprint density at radius 2 is 1.85 bits per heavy atom. The van der Waals surface area contributed by atoms with E-state index in [0.29, 0.717) is 19.6 Å². The molecule has 0 unspecified atom stereocenters. The van der Waals surface area contributed by atoms with Crippen molar-refractivity contribution in [3.63, 3.8) is 0 Å². The van der Waals surface area contributed by atoms with Crippen molar-refractivity contribution in [2.45, 2.75) is 19.6 Å². The van der Waals surface area contributed by atoms with Gasteiger partial charge in [0.2, 0.25) is 0 Å². The van der Waals surface area contributed by atoms with Crippen molar-refractivity contribution in [1.82, 2.24) is 10.2 Å². The van der Waals surface area contributed by atoms with Crippen LogP contribution in [0.5, 0.6) is 0 Å². The van der Waals surface area contributed by atoms with Crippen molar-refractivity contribution in [1.29, 1.82) is 0 Å². The van der Waals surface area contributed by atoms with Crippen LogP contribution in [-0.4, -0.2) is 10.9 Å². The maximum Gasteiger partial charge on any atom is 0.318 e. The minimum Gasteiger partial charge on any atom is -0.334 e. The van der Waals surface area contributed by atoms with Gasteiger partial charge < -0.3 is 10.2 Å². The van der Waals surface area contributed by atoms with Gasteiger partial charge >= 0.3 is 6.03 Å². The second-order valence-electron chi connectivity index (χ2n) is 4.91. The van der Waals surface area contributed by atoms with Crippen LogP contribution in [0.2, 0.25) is 0 Å². The highest BCUT2D eigenvalue weighted by atomic mass is 79.9. The Hall–Kier alpha value is -1.81. The molecule has 2 aromatic rings. The summed E-state index contributed by atoms with van der Waals surface area (Å²) < 4.78 is 1.06. The van der Waals surface area contributed by atoms with Crippen LogP contribution >= 0.6 is 15.9 Å². The fourth-order valence-electron chi connectivity index (χ4n) is 2.39. The molecule has 0 aliphatic carbocycles. The molecule has 1 aliphatic heterocycles. The van der Waals surface area contributed by atoms with Gasteiger partial charge in [0.1, 0.15) is 0 Å². The summed E-state index contributed by atoms with van der Waals surface area (Å²) >= 11 is 3.46. The van der Waals surface area contributed by atoms with E-state index in [1.165, 1.54) is 11.1 Å². The van der Waals surface area contributed by atoms with Gasteiger partial charge in [-0.1, -0.05) is 52.3 Å². The molecule has 0 bridgehead atoms. The van der Waals surface area contributed by atoms with E-state index < -0.39 is 0 Å². The predicted octanol–water partition coefficient (Wildman–Crippen LogP) is 3.67. The molecular weight excluding hydrogens is 316 g/mol. The summed E-state index contributed by atoms with van der Waals surface area (Å²) in [6.07, 6.45) is 0. The van der Waals surface area contributed by atoms with Gasteiger partial charge in [-0.25, -0.2) is 4.79 Å². The fraction of sp³-hybridized carbons (Fsp3) is 0.188. The van der Waals surface area contributed by atoms with Crippen LogP contribution in [0, 0.1) is 0 Å². The van der Waals surface area contributed by atoms with Crippen LogP contribution < -0.4 is 5.32 Å². The summed E-state index contributed by atoms with van der Waals surface area (Å²) in [7, 11) is 0. The lowest BCUT2D eigenvalue weighted by molar-refractivity contribution is 0.198. The summed E-state index contributed by atoms with van der Waals surface area (Å²) in [6.45, 7) is 1.93. The van der Waals surface area contributed by atoms with Gasteiger partial charge in [0.25, 0.3) is 0 Å². The van der Waals surface area contributed by atoms with Crippen molar-refractivity contribution in [3.8, 4) is 0 Å². The number of carbonyl (C=O) groups is 1. The number of hydrogen-bond donors (Lipinski definition) is 1. The summed E-state index contributed by atoms with van der Waals surface area (Å²) in [5.74, 6) is 0. The molecular formula is C16H15BrN2O. The number of urea groups is 1. The van der Waals surface area contributed by atoms with Gasteiger partial charge in [0, 0.05) is 24.1 Å². The maximum atomic E-state index is 12.2. The fourth-order valence-corrected chi connectivity index (χ4v) is 2.80. The molecule has 20 heavy (non-hydrogen) atoms. The van der Waals surface area contributed by atoms with Crippen molar-refractivity contribution in [2.75, 3.05) is 0 Å². The molecule has 0 radical (unpaired) electrons. The lowest BCUT2D eigenvalue weighted by Crippen LogP contribution is -2.35. The molecule has 4 heteroatoms. The Bertz CT molecular complexity index is 628. The molecule has 3 nitrogen and oxygen atoms in total. The minimum absolute atomic E-state index is 0.0128. The van der Waals surface area contributed by atoms with Gasteiger partial charge in [-0.05, 0) is 28.8 Å². The molecule has 0 saturated carbocycles. The van der Waals surface area contributed by atoms with Crippen molar-refractivity contribution >= 4 is 22.0 Å².